The molecule has 6 nitrogen and oxygen atoms in total. The van der Waals surface area contributed by atoms with Gasteiger partial charge in [-0.05, 0) is 30.2 Å². The maximum atomic E-state index is 12.6. The van der Waals surface area contributed by atoms with Crippen molar-refractivity contribution in [1.82, 2.24) is 4.98 Å². The highest BCUT2D eigenvalue weighted by Crippen LogP contribution is 2.31. The maximum absolute atomic E-state index is 12.6. The van der Waals surface area contributed by atoms with Gasteiger partial charge in [-0.2, -0.15) is 0 Å². The van der Waals surface area contributed by atoms with Gasteiger partial charge in [0.25, 0.3) is 5.91 Å². The minimum atomic E-state index is -3.30. The molecule has 0 saturated heterocycles. The van der Waals surface area contributed by atoms with Crippen molar-refractivity contribution in [2.24, 2.45) is 0 Å². The maximum Gasteiger partial charge on any atom is 0.257 e. The molecule has 0 unspecified atom stereocenters. The molecule has 0 atom stereocenters. The molecule has 1 aromatic heterocycles. The van der Waals surface area contributed by atoms with Crippen LogP contribution in [0.4, 0.5) is 10.8 Å². The third kappa shape index (κ3) is 3.58. The molecular weight excluding hydrogens is 382 g/mol. The Kier molecular flexibility index (Phi) is 4.45. The van der Waals surface area contributed by atoms with E-state index in [-0.39, 0.29) is 5.91 Å². The lowest BCUT2D eigenvalue weighted by Gasteiger charge is -2.16. The van der Waals surface area contributed by atoms with Crippen LogP contribution in [0.25, 0.3) is 11.3 Å². The van der Waals surface area contributed by atoms with E-state index in [4.69, 9.17) is 0 Å². The van der Waals surface area contributed by atoms with Crippen molar-refractivity contribution in [3.05, 3.63) is 65.0 Å². The largest absolute Gasteiger partial charge is 0.298 e. The molecule has 0 spiro atoms. The zero-order chi connectivity index (χ0) is 19.0. The topological polar surface area (TPSA) is 79.4 Å². The highest BCUT2D eigenvalue weighted by molar-refractivity contribution is 7.92. The summed E-state index contributed by atoms with van der Waals surface area (Å²) in [6.07, 6.45) is 1.79. The van der Waals surface area contributed by atoms with Crippen LogP contribution in [-0.4, -0.2) is 32.1 Å². The number of sulfonamides is 1. The lowest BCUT2D eigenvalue weighted by molar-refractivity contribution is 0.102. The number of fused-ring (bicyclic) bond motifs is 1. The summed E-state index contributed by atoms with van der Waals surface area (Å²) < 4.78 is 25.0. The zero-order valence-electron chi connectivity index (χ0n) is 14.5. The van der Waals surface area contributed by atoms with E-state index in [0.717, 1.165) is 16.8 Å². The minimum absolute atomic E-state index is 0.260. The molecule has 1 aliphatic heterocycles. The van der Waals surface area contributed by atoms with Gasteiger partial charge in [-0.25, -0.2) is 13.4 Å². The monoisotopic (exact) mass is 399 g/mol. The van der Waals surface area contributed by atoms with Crippen molar-refractivity contribution in [2.45, 2.75) is 6.42 Å². The SMILES string of the molecule is CS(=O)(=O)N1CCc2cc(C(=O)Nc3nc(-c4ccccc4)cs3)ccc21. The Balaban J connectivity index is 1.52. The van der Waals surface area contributed by atoms with Gasteiger partial charge in [-0.15, -0.1) is 11.3 Å². The van der Waals surface area contributed by atoms with Gasteiger partial charge >= 0.3 is 0 Å². The predicted octanol–water partition coefficient (Wildman–Crippen LogP) is 3.38. The van der Waals surface area contributed by atoms with Crippen LogP contribution >= 0.6 is 11.3 Å². The molecule has 4 rings (SSSR count). The van der Waals surface area contributed by atoms with E-state index in [9.17, 15) is 13.2 Å². The molecule has 3 aromatic rings. The van der Waals surface area contributed by atoms with E-state index in [1.807, 2.05) is 35.7 Å². The minimum Gasteiger partial charge on any atom is -0.298 e. The zero-order valence-corrected chi connectivity index (χ0v) is 16.2. The lowest BCUT2D eigenvalue weighted by Crippen LogP contribution is -2.27. The number of anilines is 2. The van der Waals surface area contributed by atoms with Gasteiger partial charge < -0.3 is 0 Å². The summed E-state index contributed by atoms with van der Waals surface area (Å²) >= 11 is 1.37. The number of nitrogens with one attached hydrogen (secondary N) is 1. The number of aromatic nitrogens is 1. The average molecular weight is 399 g/mol. The number of benzene rings is 2. The van der Waals surface area contributed by atoms with Crippen molar-refractivity contribution < 1.29 is 13.2 Å². The van der Waals surface area contributed by atoms with Gasteiger partial charge in [0.1, 0.15) is 0 Å². The number of amides is 1. The number of carbonyl (C=O) groups is 1. The summed E-state index contributed by atoms with van der Waals surface area (Å²) in [6.45, 7) is 0.409. The normalized spacial score (nSPS) is 13.4. The first kappa shape index (κ1) is 17.7. The Morgan fingerprint density at radius 3 is 2.70 bits per heavy atom. The second-order valence-electron chi connectivity index (χ2n) is 6.29. The van der Waals surface area contributed by atoms with Crippen LogP contribution in [0.1, 0.15) is 15.9 Å². The highest BCUT2D eigenvalue weighted by atomic mass is 32.2. The van der Waals surface area contributed by atoms with Crippen molar-refractivity contribution in [1.29, 1.82) is 0 Å². The fourth-order valence-corrected chi connectivity index (χ4v) is 4.77. The van der Waals surface area contributed by atoms with Crippen LogP contribution in [0.5, 0.6) is 0 Å². The predicted molar refractivity (Wildman–Crippen MR) is 108 cm³/mol. The van der Waals surface area contributed by atoms with E-state index >= 15 is 0 Å². The third-order valence-electron chi connectivity index (χ3n) is 4.39. The molecule has 2 aromatic carbocycles. The fourth-order valence-electron chi connectivity index (χ4n) is 3.10. The third-order valence-corrected chi connectivity index (χ3v) is 6.33. The molecule has 138 valence electrons. The number of rotatable bonds is 4. The molecule has 0 radical (unpaired) electrons. The summed E-state index contributed by atoms with van der Waals surface area (Å²) in [5.41, 5.74) is 3.80. The van der Waals surface area contributed by atoms with E-state index in [0.29, 0.717) is 29.3 Å². The second kappa shape index (κ2) is 6.79. The Morgan fingerprint density at radius 2 is 1.96 bits per heavy atom. The molecule has 27 heavy (non-hydrogen) atoms. The summed E-state index contributed by atoms with van der Waals surface area (Å²) in [7, 11) is -3.30. The molecule has 1 aliphatic rings. The summed E-state index contributed by atoms with van der Waals surface area (Å²) in [5, 5.41) is 5.24. The average Bonchev–Trinajstić information content (AvgIpc) is 3.28. The van der Waals surface area contributed by atoms with Crippen LogP contribution < -0.4 is 9.62 Å². The lowest BCUT2D eigenvalue weighted by atomic mass is 10.1. The van der Waals surface area contributed by atoms with E-state index in [2.05, 4.69) is 10.3 Å². The molecule has 0 bridgehead atoms. The first-order chi connectivity index (χ1) is 12.9. The molecule has 8 heteroatoms. The van der Waals surface area contributed by atoms with Crippen LogP contribution in [0.3, 0.4) is 0 Å². The molecule has 2 heterocycles. The Hall–Kier alpha value is -2.71. The number of carbonyl (C=O) groups excluding carboxylic acids is 1. The Labute approximate surface area is 161 Å². The van der Waals surface area contributed by atoms with Gasteiger partial charge in [0.2, 0.25) is 10.0 Å². The van der Waals surface area contributed by atoms with Gasteiger partial charge in [-0.1, -0.05) is 30.3 Å². The fraction of sp³-hybridized carbons (Fsp3) is 0.158. The number of hydrogen-bond acceptors (Lipinski definition) is 5. The van der Waals surface area contributed by atoms with Crippen molar-refractivity contribution in [2.75, 3.05) is 22.4 Å². The van der Waals surface area contributed by atoms with Crippen LogP contribution in [-0.2, 0) is 16.4 Å². The van der Waals surface area contributed by atoms with Crippen molar-refractivity contribution in [3.63, 3.8) is 0 Å². The molecule has 1 N–H and O–H groups in total. The highest BCUT2D eigenvalue weighted by Gasteiger charge is 2.26. The standard InChI is InChI=1S/C19H17N3O3S2/c1-27(24,25)22-10-9-14-11-15(7-8-17(14)22)18(23)21-19-20-16(12-26-19)13-5-3-2-4-6-13/h2-8,11-12H,9-10H2,1H3,(H,20,21,23). The Morgan fingerprint density at radius 1 is 1.19 bits per heavy atom. The number of nitrogens with zero attached hydrogens (tertiary/aromatic N) is 2. The molecule has 0 fully saturated rings. The Bertz CT molecular complexity index is 1110. The molecule has 0 aliphatic carbocycles. The van der Waals surface area contributed by atoms with Crippen LogP contribution in [0.15, 0.2) is 53.9 Å². The quantitative estimate of drug-likeness (QED) is 0.729. The first-order valence-corrected chi connectivity index (χ1v) is 11.1. The van der Waals surface area contributed by atoms with Gasteiger partial charge in [-0.3, -0.25) is 14.4 Å². The second-order valence-corrected chi connectivity index (χ2v) is 9.05. The van der Waals surface area contributed by atoms with Crippen molar-refractivity contribution in [3.8, 4) is 11.3 Å². The van der Waals surface area contributed by atoms with E-state index in [1.165, 1.54) is 21.9 Å². The molecule has 0 saturated carbocycles. The smallest absolute Gasteiger partial charge is 0.257 e. The molecule has 1 amide bonds. The van der Waals surface area contributed by atoms with Gasteiger partial charge in [0.15, 0.2) is 5.13 Å². The van der Waals surface area contributed by atoms with E-state index < -0.39 is 10.0 Å². The van der Waals surface area contributed by atoms with Gasteiger partial charge in [0, 0.05) is 23.1 Å². The number of hydrogen-bond donors (Lipinski definition) is 1. The van der Waals surface area contributed by atoms with Crippen molar-refractivity contribution >= 4 is 38.1 Å². The summed E-state index contributed by atoms with van der Waals surface area (Å²) in [5.74, 6) is -0.260. The summed E-state index contributed by atoms with van der Waals surface area (Å²) in [4.78, 5) is 17.0. The summed E-state index contributed by atoms with van der Waals surface area (Å²) in [6, 6.07) is 14.8. The first-order valence-electron chi connectivity index (χ1n) is 8.35. The molecular formula is C19H17N3O3S2. The number of thiazole rings is 1. The van der Waals surface area contributed by atoms with Crippen LogP contribution in [0.2, 0.25) is 0 Å². The van der Waals surface area contributed by atoms with Gasteiger partial charge in [0.05, 0.1) is 17.6 Å². The van der Waals surface area contributed by atoms with Crippen LogP contribution in [0, 0.1) is 0 Å². The van der Waals surface area contributed by atoms with E-state index in [1.54, 1.807) is 18.2 Å².